The van der Waals surface area contributed by atoms with Crippen molar-refractivity contribution < 1.29 is 9.53 Å². The molecule has 1 aliphatic heterocycles. The first-order valence-corrected chi connectivity index (χ1v) is 6.61. The SMILES string of the molecule is CCC1(C(=O)Nc2ccc(OC)c(N)c2)CCCN1. The molecular formula is C14H21N3O2. The van der Waals surface area contributed by atoms with Crippen molar-refractivity contribution in [3.05, 3.63) is 18.2 Å². The van der Waals surface area contributed by atoms with Gasteiger partial charge in [0.2, 0.25) is 5.91 Å². The molecule has 1 amide bonds. The molecule has 0 aliphatic carbocycles. The quantitative estimate of drug-likeness (QED) is 0.723. The summed E-state index contributed by atoms with van der Waals surface area (Å²) in [4.78, 5) is 12.4. The Kier molecular flexibility index (Phi) is 3.95. The number of nitrogens with two attached hydrogens (primary N) is 1. The molecule has 0 bridgehead atoms. The number of nitrogen functional groups attached to an aromatic ring is 1. The lowest BCUT2D eigenvalue weighted by Crippen LogP contribution is -2.50. The van der Waals surface area contributed by atoms with Gasteiger partial charge in [-0.1, -0.05) is 6.92 Å². The van der Waals surface area contributed by atoms with Crippen LogP contribution in [-0.4, -0.2) is 25.1 Å². The van der Waals surface area contributed by atoms with Crippen molar-refractivity contribution in [2.75, 3.05) is 24.7 Å². The summed E-state index contributed by atoms with van der Waals surface area (Å²) in [5.41, 5.74) is 6.62. The zero-order valence-electron chi connectivity index (χ0n) is 11.5. The predicted molar refractivity (Wildman–Crippen MR) is 76.3 cm³/mol. The minimum atomic E-state index is -0.436. The fourth-order valence-corrected chi connectivity index (χ4v) is 2.53. The summed E-state index contributed by atoms with van der Waals surface area (Å²) in [5.74, 6) is 0.624. The molecule has 1 unspecified atom stereocenters. The first kappa shape index (κ1) is 13.7. The van der Waals surface area contributed by atoms with Gasteiger partial charge in [-0.05, 0) is 44.0 Å². The van der Waals surface area contributed by atoms with E-state index in [1.807, 2.05) is 6.92 Å². The third-order valence-corrected chi connectivity index (χ3v) is 3.77. The Bertz CT molecular complexity index is 468. The lowest BCUT2D eigenvalue weighted by Gasteiger charge is -2.26. The molecule has 2 rings (SSSR count). The first-order valence-electron chi connectivity index (χ1n) is 6.61. The highest BCUT2D eigenvalue weighted by Gasteiger charge is 2.39. The molecule has 1 saturated heterocycles. The highest BCUT2D eigenvalue weighted by atomic mass is 16.5. The second-order valence-corrected chi connectivity index (χ2v) is 4.88. The highest BCUT2D eigenvalue weighted by molar-refractivity contribution is 5.98. The van der Waals surface area contributed by atoms with Gasteiger partial charge in [0, 0.05) is 5.69 Å². The van der Waals surface area contributed by atoms with E-state index in [4.69, 9.17) is 10.5 Å². The number of amides is 1. The van der Waals surface area contributed by atoms with E-state index in [0.29, 0.717) is 17.1 Å². The van der Waals surface area contributed by atoms with Gasteiger partial charge in [0.15, 0.2) is 0 Å². The molecule has 1 aromatic carbocycles. The van der Waals surface area contributed by atoms with Crippen LogP contribution in [0.3, 0.4) is 0 Å². The Morgan fingerprint density at radius 1 is 1.58 bits per heavy atom. The van der Waals surface area contributed by atoms with E-state index in [0.717, 1.165) is 25.8 Å². The van der Waals surface area contributed by atoms with Gasteiger partial charge >= 0.3 is 0 Å². The number of methoxy groups -OCH3 is 1. The van der Waals surface area contributed by atoms with E-state index in [1.54, 1.807) is 25.3 Å². The fraction of sp³-hybridized carbons (Fsp3) is 0.500. The van der Waals surface area contributed by atoms with Crippen LogP contribution in [0, 0.1) is 0 Å². The van der Waals surface area contributed by atoms with Gasteiger partial charge in [0.1, 0.15) is 5.75 Å². The second kappa shape index (κ2) is 5.48. The van der Waals surface area contributed by atoms with E-state index in [9.17, 15) is 4.79 Å². The predicted octanol–water partition coefficient (Wildman–Crippen LogP) is 1.75. The standard InChI is InChI=1S/C14H21N3O2/c1-3-14(7-4-8-16-14)13(18)17-10-5-6-12(19-2)11(15)9-10/h5-6,9,16H,3-4,7-8,15H2,1-2H3,(H,17,18). The zero-order valence-corrected chi connectivity index (χ0v) is 11.5. The molecule has 1 atom stereocenters. The summed E-state index contributed by atoms with van der Waals surface area (Å²) in [6, 6.07) is 5.27. The van der Waals surface area contributed by atoms with E-state index >= 15 is 0 Å². The van der Waals surface area contributed by atoms with Crippen molar-refractivity contribution in [1.29, 1.82) is 0 Å². The van der Waals surface area contributed by atoms with Crippen molar-refractivity contribution in [3.63, 3.8) is 0 Å². The molecule has 19 heavy (non-hydrogen) atoms. The minimum absolute atomic E-state index is 0.0112. The van der Waals surface area contributed by atoms with Crippen LogP contribution in [0.2, 0.25) is 0 Å². The Hall–Kier alpha value is -1.75. The van der Waals surface area contributed by atoms with Gasteiger partial charge < -0.3 is 21.1 Å². The lowest BCUT2D eigenvalue weighted by atomic mass is 9.93. The average Bonchev–Trinajstić information content (AvgIpc) is 2.89. The molecule has 4 N–H and O–H groups in total. The number of anilines is 2. The van der Waals surface area contributed by atoms with E-state index in [1.165, 1.54) is 0 Å². The Labute approximate surface area is 113 Å². The largest absolute Gasteiger partial charge is 0.495 e. The van der Waals surface area contributed by atoms with Crippen LogP contribution < -0.4 is 21.1 Å². The molecule has 0 radical (unpaired) electrons. The molecule has 104 valence electrons. The van der Waals surface area contributed by atoms with Gasteiger partial charge in [-0.3, -0.25) is 4.79 Å². The normalized spacial score (nSPS) is 22.2. The number of carbonyl (C=O) groups excluding carboxylic acids is 1. The summed E-state index contributed by atoms with van der Waals surface area (Å²) in [6.45, 7) is 2.92. The Balaban J connectivity index is 2.12. The number of hydrogen-bond donors (Lipinski definition) is 3. The molecule has 1 fully saturated rings. The molecule has 5 nitrogen and oxygen atoms in total. The third-order valence-electron chi connectivity index (χ3n) is 3.77. The topological polar surface area (TPSA) is 76.4 Å². The van der Waals surface area contributed by atoms with E-state index in [2.05, 4.69) is 10.6 Å². The second-order valence-electron chi connectivity index (χ2n) is 4.88. The molecule has 1 aliphatic rings. The Morgan fingerprint density at radius 2 is 2.37 bits per heavy atom. The number of ether oxygens (including phenoxy) is 1. The van der Waals surface area contributed by atoms with Crippen molar-refractivity contribution >= 4 is 17.3 Å². The molecule has 0 aromatic heterocycles. The van der Waals surface area contributed by atoms with Gasteiger partial charge in [0.25, 0.3) is 0 Å². The minimum Gasteiger partial charge on any atom is -0.495 e. The molecule has 0 spiro atoms. The van der Waals surface area contributed by atoms with Crippen molar-refractivity contribution in [2.45, 2.75) is 31.7 Å². The average molecular weight is 263 g/mol. The van der Waals surface area contributed by atoms with E-state index in [-0.39, 0.29) is 5.91 Å². The lowest BCUT2D eigenvalue weighted by molar-refractivity contribution is -0.122. The van der Waals surface area contributed by atoms with Crippen LogP contribution in [0.4, 0.5) is 11.4 Å². The summed E-state index contributed by atoms with van der Waals surface area (Å²) in [7, 11) is 1.57. The maximum atomic E-state index is 12.4. The third kappa shape index (κ3) is 2.66. The first-order chi connectivity index (χ1) is 9.11. The van der Waals surface area contributed by atoms with Gasteiger partial charge in [-0.15, -0.1) is 0 Å². The summed E-state index contributed by atoms with van der Waals surface area (Å²) in [5, 5.41) is 6.24. The highest BCUT2D eigenvalue weighted by Crippen LogP contribution is 2.28. The van der Waals surface area contributed by atoms with Crippen LogP contribution in [0.5, 0.6) is 5.75 Å². The van der Waals surface area contributed by atoms with Crippen LogP contribution >= 0.6 is 0 Å². The molecular weight excluding hydrogens is 242 g/mol. The molecule has 5 heteroatoms. The van der Waals surface area contributed by atoms with Gasteiger partial charge in [-0.25, -0.2) is 0 Å². The molecule has 1 heterocycles. The number of hydrogen-bond acceptors (Lipinski definition) is 4. The number of benzene rings is 1. The van der Waals surface area contributed by atoms with Gasteiger partial charge in [-0.2, -0.15) is 0 Å². The zero-order chi connectivity index (χ0) is 13.9. The van der Waals surface area contributed by atoms with Gasteiger partial charge in [0.05, 0.1) is 18.3 Å². The monoisotopic (exact) mass is 263 g/mol. The van der Waals surface area contributed by atoms with Crippen molar-refractivity contribution in [2.24, 2.45) is 0 Å². The van der Waals surface area contributed by atoms with Crippen LogP contribution in [0.15, 0.2) is 18.2 Å². The van der Waals surface area contributed by atoms with Crippen LogP contribution in [0.25, 0.3) is 0 Å². The number of nitrogens with one attached hydrogen (secondary N) is 2. The fourth-order valence-electron chi connectivity index (χ4n) is 2.53. The molecule has 1 aromatic rings. The molecule has 0 saturated carbocycles. The maximum Gasteiger partial charge on any atom is 0.244 e. The number of carbonyl (C=O) groups is 1. The summed E-state index contributed by atoms with van der Waals surface area (Å²) < 4.78 is 5.10. The van der Waals surface area contributed by atoms with E-state index < -0.39 is 5.54 Å². The van der Waals surface area contributed by atoms with Crippen molar-refractivity contribution in [1.82, 2.24) is 5.32 Å². The number of rotatable bonds is 4. The van der Waals surface area contributed by atoms with Crippen LogP contribution in [-0.2, 0) is 4.79 Å². The van der Waals surface area contributed by atoms with Crippen molar-refractivity contribution in [3.8, 4) is 5.75 Å². The maximum absolute atomic E-state index is 12.4. The smallest absolute Gasteiger partial charge is 0.244 e. The van der Waals surface area contributed by atoms with Crippen LogP contribution in [0.1, 0.15) is 26.2 Å². The summed E-state index contributed by atoms with van der Waals surface area (Å²) >= 11 is 0. The summed E-state index contributed by atoms with van der Waals surface area (Å²) in [6.07, 6.45) is 2.69. The Morgan fingerprint density at radius 3 is 2.89 bits per heavy atom.